The number of rotatable bonds is 6. The molecule has 7 nitrogen and oxygen atoms in total. The zero-order chi connectivity index (χ0) is 17.8. The molecule has 7 heteroatoms. The molecule has 0 aromatic heterocycles. The molecule has 0 spiro atoms. The van der Waals surface area contributed by atoms with Gasteiger partial charge in [-0.15, -0.1) is 0 Å². The molecule has 2 amide bonds. The second-order valence-corrected chi connectivity index (χ2v) is 6.41. The van der Waals surface area contributed by atoms with Crippen LogP contribution in [0, 0.1) is 5.92 Å². The summed E-state index contributed by atoms with van der Waals surface area (Å²) in [4.78, 5) is 27.8. The van der Waals surface area contributed by atoms with Crippen LogP contribution in [0.3, 0.4) is 0 Å². The van der Waals surface area contributed by atoms with E-state index >= 15 is 0 Å². The van der Waals surface area contributed by atoms with Gasteiger partial charge in [0.25, 0.3) is 0 Å². The standard InChI is InChI=1S/C18H24N2O5/c1-23-15-3-4-16(24-2)14(9-15)10-17(21)19-6-5-13(11-19)12-20-7-8-25-18(20)22/h3-4,9,13H,5-8,10-12H2,1-2H3. The van der Waals surface area contributed by atoms with E-state index in [-0.39, 0.29) is 18.4 Å². The van der Waals surface area contributed by atoms with E-state index in [9.17, 15) is 9.59 Å². The molecule has 1 unspecified atom stereocenters. The number of hydrogen-bond donors (Lipinski definition) is 0. The van der Waals surface area contributed by atoms with E-state index in [0.717, 1.165) is 18.5 Å². The van der Waals surface area contributed by atoms with Gasteiger partial charge in [0.1, 0.15) is 18.1 Å². The smallest absolute Gasteiger partial charge is 0.409 e. The lowest BCUT2D eigenvalue weighted by Gasteiger charge is -2.20. The summed E-state index contributed by atoms with van der Waals surface area (Å²) < 4.78 is 15.5. The molecule has 1 aromatic rings. The summed E-state index contributed by atoms with van der Waals surface area (Å²) >= 11 is 0. The first-order valence-corrected chi connectivity index (χ1v) is 8.51. The second kappa shape index (κ2) is 7.63. The molecule has 1 atom stereocenters. The van der Waals surface area contributed by atoms with Gasteiger partial charge in [0, 0.05) is 25.2 Å². The van der Waals surface area contributed by atoms with E-state index < -0.39 is 0 Å². The van der Waals surface area contributed by atoms with Crippen molar-refractivity contribution in [3.8, 4) is 11.5 Å². The van der Waals surface area contributed by atoms with Crippen LogP contribution in [0.1, 0.15) is 12.0 Å². The van der Waals surface area contributed by atoms with Crippen molar-refractivity contribution >= 4 is 12.0 Å². The highest BCUT2D eigenvalue weighted by molar-refractivity contribution is 5.80. The summed E-state index contributed by atoms with van der Waals surface area (Å²) in [6, 6.07) is 5.46. The van der Waals surface area contributed by atoms with Crippen molar-refractivity contribution < 1.29 is 23.8 Å². The lowest BCUT2D eigenvalue weighted by atomic mass is 10.1. The molecule has 0 saturated carbocycles. The van der Waals surface area contributed by atoms with Crippen LogP contribution in [0.2, 0.25) is 0 Å². The largest absolute Gasteiger partial charge is 0.497 e. The van der Waals surface area contributed by atoms with Crippen LogP contribution in [0.5, 0.6) is 11.5 Å². The number of carbonyl (C=O) groups is 2. The van der Waals surface area contributed by atoms with Crippen molar-refractivity contribution in [2.45, 2.75) is 12.8 Å². The van der Waals surface area contributed by atoms with Gasteiger partial charge in [-0.25, -0.2) is 4.79 Å². The summed E-state index contributed by atoms with van der Waals surface area (Å²) in [5, 5.41) is 0. The monoisotopic (exact) mass is 348 g/mol. The van der Waals surface area contributed by atoms with Crippen molar-refractivity contribution in [2.24, 2.45) is 5.92 Å². The van der Waals surface area contributed by atoms with E-state index in [1.54, 1.807) is 19.1 Å². The van der Waals surface area contributed by atoms with E-state index in [0.29, 0.717) is 43.7 Å². The molecule has 0 N–H and O–H groups in total. The zero-order valence-electron chi connectivity index (χ0n) is 14.7. The molecule has 25 heavy (non-hydrogen) atoms. The summed E-state index contributed by atoms with van der Waals surface area (Å²) in [6.45, 7) is 3.16. The highest BCUT2D eigenvalue weighted by atomic mass is 16.6. The Balaban J connectivity index is 1.58. The Labute approximate surface area is 147 Å². The number of nitrogens with zero attached hydrogens (tertiary/aromatic N) is 2. The van der Waals surface area contributed by atoms with Crippen molar-refractivity contribution in [1.29, 1.82) is 0 Å². The molecule has 3 rings (SSSR count). The summed E-state index contributed by atoms with van der Waals surface area (Å²) in [5.74, 6) is 1.76. The van der Waals surface area contributed by atoms with Crippen LogP contribution in [0.15, 0.2) is 18.2 Å². The molecule has 2 saturated heterocycles. The second-order valence-electron chi connectivity index (χ2n) is 6.41. The average Bonchev–Trinajstić information content (AvgIpc) is 3.25. The van der Waals surface area contributed by atoms with Crippen molar-refractivity contribution in [3.05, 3.63) is 23.8 Å². The first-order chi connectivity index (χ1) is 12.1. The Kier molecular flexibility index (Phi) is 5.31. The van der Waals surface area contributed by atoms with Gasteiger partial charge >= 0.3 is 6.09 Å². The Morgan fingerprint density at radius 2 is 2.12 bits per heavy atom. The fourth-order valence-electron chi connectivity index (χ4n) is 3.41. The minimum atomic E-state index is -0.245. The van der Waals surface area contributed by atoms with Crippen LogP contribution >= 0.6 is 0 Å². The lowest BCUT2D eigenvalue weighted by Crippen LogP contribution is -2.34. The highest BCUT2D eigenvalue weighted by Crippen LogP contribution is 2.26. The molecule has 136 valence electrons. The quantitative estimate of drug-likeness (QED) is 0.780. The number of cyclic esters (lactones) is 1. The number of carbonyl (C=O) groups excluding carboxylic acids is 2. The number of ether oxygens (including phenoxy) is 3. The number of methoxy groups -OCH3 is 2. The van der Waals surface area contributed by atoms with Gasteiger partial charge in [0.15, 0.2) is 0 Å². The minimum absolute atomic E-state index is 0.0676. The van der Waals surface area contributed by atoms with Crippen molar-refractivity contribution in [3.63, 3.8) is 0 Å². The van der Waals surface area contributed by atoms with Crippen LogP contribution in [-0.4, -0.2) is 68.8 Å². The van der Waals surface area contributed by atoms with E-state index in [2.05, 4.69) is 0 Å². The molecule has 1 aromatic carbocycles. The average molecular weight is 348 g/mol. The van der Waals surface area contributed by atoms with Crippen LogP contribution < -0.4 is 9.47 Å². The van der Waals surface area contributed by atoms with Crippen molar-refractivity contribution in [1.82, 2.24) is 9.80 Å². The van der Waals surface area contributed by atoms with Crippen LogP contribution in [0.4, 0.5) is 4.79 Å². The number of amides is 2. The lowest BCUT2D eigenvalue weighted by molar-refractivity contribution is -0.129. The topological polar surface area (TPSA) is 68.3 Å². The SMILES string of the molecule is COc1ccc(OC)c(CC(=O)N2CCC(CN3CCOC3=O)C2)c1. The van der Waals surface area contributed by atoms with Gasteiger partial charge in [0.2, 0.25) is 5.91 Å². The van der Waals surface area contributed by atoms with Gasteiger partial charge < -0.3 is 24.0 Å². The molecule has 2 heterocycles. The fraction of sp³-hybridized carbons (Fsp3) is 0.556. The minimum Gasteiger partial charge on any atom is -0.497 e. The van der Waals surface area contributed by atoms with Crippen LogP contribution in [-0.2, 0) is 16.0 Å². The van der Waals surface area contributed by atoms with Crippen molar-refractivity contribution in [2.75, 3.05) is 47.0 Å². The molecule has 0 radical (unpaired) electrons. The first kappa shape index (κ1) is 17.4. The van der Waals surface area contributed by atoms with Gasteiger partial charge in [-0.2, -0.15) is 0 Å². The van der Waals surface area contributed by atoms with E-state index in [1.807, 2.05) is 23.1 Å². The first-order valence-electron chi connectivity index (χ1n) is 8.51. The van der Waals surface area contributed by atoms with Crippen LogP contribution in [0.25, 0.3) is 0 Å². The third-order valence-electron chi connectivity index (χ3n) is 4.79. The molecule has 2 aliphatic rings. The zero-order valence-corrected chi connectivity index (χ0v) is 14.7. The highest BCUT2D eigenvalue weighted by Gasteiger charge is 2.31. The van der Waals surface area contributed by atoms with E-state index in [4.69, 9.17) is 14.2 Å². The Morgan fingerprint density at radius 1 is 1.28 bits per heavy atom. The Bertz CT molecular complexity index is 648. The number of likely N-dealkylation sites (tertiary alicyclic amines) is 1. The fourth-order valence-corrected chi connectivity index (χ4v) is 3.41. The molecule has 0 aliphatic carbocycles. The Morgan fingerprint density at radius 3 is 2.80 bits per heavy atom. The maximum Gasteiger partial charge on any atom is 0.409 e. The molecule has 2 fully saturated rings. The summed E-state index contributed by atoms with van der Waals surface area (Å²) in [5.41, 5.74) is 0.818. The van der Waals surface area contributed by atoms with Gasteiger partial charge in [-0.1, -0.05) is 0 Å². The number of benzene rings is 1. The summed E-state index contributed by atoms with van der Waals surface area (Å²) in [6.07, 6.45) is 0.940. The van der Waals surface area contributed by atoms with Gasteiger partial charge in [-0.3, -0.25) is 4.79 Å². The van der Waals surface area contributed by atoms with Gasteiger partial charge in [-0.05, 0) is 30.5 Å². The molecular weight excluding hydrogens is 324 g/mol. The maximum absolute atomic E-state index is 12.7. The van der Waals surface area contributed by atoms with E-state index in [1.165, 1.54) is 0 Å². The van der Waals surface area contributed by atoms with Gasteiger partial charge in [0.05, 0.1) is 27.2 Å². The third-order valence-corrected chi connectivity index (χ3v) is 4.79. The third kappa shape index (κ3) is 3.97. The maximum atomic E-state index is 12.7. The predicted molar refractivity (Wildman–Crippen MR) is 90.9 cm³/mol. The molecular formula is C18H24N2O5. The normalized spacial score (nSPS) is 19.9. The predicted octanol–water partition coefficient (Wildman–Crippen LogP) is 1.55. The molecule has 0 bridgehead atoms. The number of hydrogen-bond acceptors (Lipinski definition) is 5. The Hall–Kier alpha value is -2.44. The molecule has 2 aliphatic heterocycles. The summed E-state index contributed by atoms with van der Waals surface area (Å²) in [7, 11) is 3.19.